The van der Waals surface area contributed by atoms with Crippen molar-refractivity contribution in [3.05, 3.63) is 30.3 Å². The summed E-state index contributed by atoms with van der Waals surface area (Å²) in [7, 11) is 0. The molecule has 0 aliphatic carbocycles. The van der Waals surface area contributed by atoms with E-state index in [4.69, 9.17) is 5.11 Å². The van der Waals surface area contributed by atoms with Gasteiger partial charge in [-0.2, -0.15) is 0 Å². The third-order valence-corrected chi connectivity index (χ3v) is 3.66. The van der Waals surface area contributed by atoms with Gasteiger partial charge in [-0.3, -0.25) is 0 Å². The molecule has 1 aromatic carbocycles. The second-order valence-electron chi connectivity index (χ2n) is 4.08. The van der Waals surface area contributed by atoms with Crippen LogP contribution in [-0.2, 0) is 0 Å². The third kappa shape index (κ3) is 6.71. The van der Waals surface area contributed by atoms with E-state index in [0.29, 0.717) is 0 Å². The van der Waals surface area contributed by atoms with E-state index in [1.807, 2.05) is 17.8 Å². The predicted molar refractivity (Wildman–Crippen MR) is 75.6 cm³/mol. The second-order valence-corrected chi connectivity index (χ2v) is 5.25. The van der Waals surface area contributed by atoms with Crippen LogP contribution < -0.4 is 0 Å². The highest BCUT2D eigenvalue weighted by Gasteiger charge is 2.03. The van der Waals surface area contributed by atoms with Gasteiger partial charge < -0.3 is 10.0 Å². The fraction of sp³-hybridized carbons (Fsp3) is 0.571. The summed E-state index contributed by atoms with van der Waals surface area (Å²) in [4.78, 5) is 3.67. The molecule has 0 bridgehead atoms. The van der Waals surface area contributed by atoms with E-state index in [0.717, 1.165) is 25.4 Å². The summed E-state index contributed by atoms with van der Waals surface area (Å²) in [5.41, 5.74) is 0. The lowest BCUT2D eigenvalue weighted by Gasteiger charge is -2.20. The van der Waals surface area contributed by atoms with Crippen molar-refractivity contribution in [2.75, 3.05) is 32.0 Å². The third-order valence-electron chi connectivity index (χ3n) is 2.66. The van der Waals surface area contributed by atoms with Crippen molar-refractivity contribution >= 4 is 11.8 Å². The number of aliphatic hydroxyl groups excluding tert-OH is 1. The molecule has 1 aromatic rings. The molecule has 0 spiro atoms. The Morgan fingerprint density at radius 2 is 1.88 bits per heavy atom. The first kappa shape index (κ1) is 14.6. The molecule has 0 fully saturated rings. The Labute approximate surface area is 109 Å². The van der Waals surface area contributed by atoms with Crippen LogP contribution in [0.2, 0.25) is 0 Å². The van der Waals surface area contributed by atoms with Crippen molar-refractivity contribution in [2.45, 2.75) is 24.7 Å². The molecule has 0 aromatic heterocycles. The molecule has 0 heterocycles. The van der Waals surface area contributed by atoms with Crippen LogP contribution in [0, 0.1) is 0 Å². The molecular formula is C14H23NOS. The number of unbranched alkanes of at least 4 members (excludes halogenated alkanes) is 1. The number of hydrogen-bond acceptors (Lipinski definition) is 3. The second kappa shape index (κ2) is 9.51. The monoisotopic (exact) mass is 253 g/mol. The fourth-order valence-electron chi connectivity index (χ4n) is 1.67. The molecule has 0 unspecified atom stereocenters. The van der Waals surface area contributed by atoms with Crippen LogP contribution in [0.3, 0.4) is 0 Å². The van der Waals surface area contributed by atoms with Crippen LogP contribution in [0.25, 0.3) is 0 Å². The average molecular weight is 253 g/mol. The Balaban J connectivity index is 2.22. The van der Waals surface area contributed by atoms with E-state index >= 15 is 0 Å². The first-order chi connectivity index (χ1) is 8.36. The lowest BCUT2D eigenvalue weighted by Crippen LogP contribution is -2.30. The van der Waals surface area contributed by atoms with Crippen LogP contribution >= 0.6 is 11.8 Å². The molecule has 0 saturated carbocycles. The van der Waals surface area contributed by atoms with Gasteiger partial charge in [0.25, 0.3) is 0 Å². The Morgan fingerprint density at radius 1 is 1.12 bits per heavy atom. The van der Waals surface area contributed by atoms with Crippen molar-refractivity contribution in [1.29, 1.82) is 0 Å². The molecular weight excluding hydrogens is 230 g/mol. The summed E-state index contributed by atoms with van der Waals surface area (Å²) in [6, 6.07) is 10.5. The summed E-state index contributed by atoms with van der Waals surface area (Å²) in [5.74, 6) is 1.09. The van der Waals surface area contributed by atoms with Crippen LogP contribution in [0.4, 0.5) is 0 Å². The Morgan fingerprint density at radius 3 is 2.53 bits per heavy atom. The zero-order valence-corrected chi connectivity index (χ0v) is 11.5. The van der Waals surface area contributed by atoms with E-state index in [9.17, 15) is 0 Å². The maximum Gasteiger partial charge on any atom is 0.0558 e. The molecule has 1 N–H and O–H groups in total. The van der Waals surface area contributed by atoms with Gasteiger partial charge in [0.15, 0.2) is 0 Å². The van der Waals surface area contributed by atoms with Gasteiger partial charge in [-0.1, -0.05) is 31.5 Å². The van der Waals surface area contributed by atoms with E-state index in [1.165, 1.54) is 17.7 Å². The van der Waals surface area contributed by atoms with Gasteiger partial charge in [-0.15, -0.1) is 11.8 Å². The van der Waals surface area contributed by atoms with Crippen molar-refractivity contribution < 1.29 is 5.11 Å². The molecule has 0 atom stereocenters. The molecule has 96 valence electrons. The lowest BCUT2D eigenvalue weighted by molar-refractivity contribution is 0.201. The van der Waals surface area contributed by atoms with Crippen LogP contribution in [-0.4, -0.2) is 42.0 Å². The van der Waals surface area contributed by atoms with E-state index < -0.39 is 0 Å². The van der Waals surface area contributed by atoms with Gasteiger partial charge in [-0.05, 0) is 25.1 Å². The van der Waals surface area contributed by atoms with Crippen LogP contribution in [0.15, 0.2) is 35.2 Å². The Kier molecular flexibility index (Phi) is 8.14. The number of rotatable bonds is 9. The Hall–Kier alpha value is -0.510. The van der Waals surface area contributed by atoms with Gasteiger partial charge in [-0.25, -0.2) is 0 Å². The quantitative estimate of drug-likeness (QED) is 0.685. The minimum atomic E-state index is 0.264. The summed E-state index contributed by atoms with van der Waals surface area (Å²) in [6.45, 7) is 5.43. The zero-order valence-electron chi connectivity index (χ0n) is 10.6. The first-order valence-electron chi connectivity index (χ1n) is 6.38. The maximum atomic E-state index is 9.00. The molecule has 0 aliphatic heterocycles. The normalized spacial score (nSPS) is 11.0. The molecule has 0 saturated heterocycles. The van der Waals surface area contributed by atoms with Crippen molar-refractivity contribution in [3.63, 3.8) is 0 Å². The van der Waals surface area contributed by atoms with Gasteiger partial charge in [0.2, 0.25) is 0 Å². The minimum absolute atomic E-state index is 0.264. The molecule has 17 heavy (non-hydrogen) atoms. The number of thioether (sulfide) groups is 1. The molecule has 1 rings (SSSR count). The largest absolute Gasteiger partial charge is 0.395 e. The van der Waals surface area contributed by atoms with Crippen molar-refractivity contribution in [2.24, 2.45) is 0 Å². The SMILES string of the molecule is CCCCN(CCO)CCSc1ccccc1. The number of benzene rings is 1. The number of nitrogens with zero attached hydrogens (tertiary/aromatic N) is 1. The van der Waals surface area contributed by atoms with Gasteiger partial charge in [0.1, 0.15) is 0 Å². The summed E-state index contributed by atoms with van der Waals surface area (Å²) in [6.07, 6.45) is 2.43. The van der Waals surface area contributed by atoms with Crippen molar-refractivity contribution in [1.82, 2.24) is 4.90 Å². The molecule has 3 heteroatoms. The summed E-state index contributed by atoms with van der Waals surface area (Å²) >= 11 is 1.88. The zero-order chi connectivity index (χ0) is 12.3. The predicted octanol–water partition coefficient (Wildman–Crippen LogP) is 2.87. The maximum absolute atomic E-state index is 9.00. The topological polar surface area (TPSA) is 23.5 Å². The van der Waals surface area contributed by atoms with Crippen LogP contribution in [0.5, 0.6) is 0 Å². The van der Waals surface area contributed by atoms with E-state index in [1.54, 1.807) is 0 Å². The van der Waals surface area contributed by atoms with Gasteiger partial charge in [0, 0.05) is 23.7 Å². The molecule has 0 aliphatic rings. The highest BCUT2D eigenvalue weighted by Crippen LogP contribution is 2.16. The van der Waals surface area contributed by atoms with Crippen LogP contribution in [0.1, 0.15) is 19.8 Å². The van der Waals surface area contributed by atoms with E-state index in [-0.39, 0.29) is 6.61 Å². The molecule has 2 nitrogen and oxygen atoms in total. The summed E-state index contributed by atoms with van der Waals surface area (Å²) < 4.78 is 0. The lowest BCUT2D eigenvalue weighted by atomic mass is 10.3. The van der Waals surface area contributed by atoms with E-state index in [2.05, 4.69) is 36.1 Å². The molecule has 0 radical (unpaired) electrons. The smallest absolute Gasteiger partial charge is 0.0558 e. The fourth-order valence-corrected chi connectivity index (χ4v) is 2.60. The summed E-state index contributed by atoms with van der Waals surface area (Å²) in [5, 5.41) is 9.00. The highest BCUT2D eigenvalue weighted by molar-refractivity contribution is 7.99. The number of aliphatic hydroxyl groups is 1. The van der Waals surface area contributed by atoms with Crippen molar-refractivity contribution in [3.8, 4) is 0 Å². The Bertz CT molecular complexity index is 279. The average Bonchev–Trinajstić information content (AvgIpc) is 2.37. The minimum Gasteiger partial charge on any atom is -0.395 e. The molecule has 0 amide bonds. The first-order valence-corrected chi connectivity index (χ1v) is 7.36. The van der Waals surface area contributed by atoms with Gasteiger partial charge in [0.05, 0.1) is 6.61 Å². The standard InChI is InChI=1S/C14H23NOS/c1-2-3-9-15(10-12-16)11-13-17-14-7-5-4-6-8-14/h4-8,16H,2-3,9-13H2,1H3. The van der Waals surface area contributed by atoms with Gasteiger partial charge >= 0.3 is 0 Å². The highest BCUT2D eigenvalue weighted by atomic mass is 32.2. The number of hydrogen-bond donors (Lipinski definition) is 1.